The van der Waals surface area contributed by atoms with Crippen LogP contribution in [-0.2, 0) is 6.42 Å². The molecule has 0 saturated heterocycles. The summed E-state index contributed by atoms with van der Waals surface area (Å²) in [6.07, 6.45) is 1.01. The molecule has 2 heterocycles. The van der Waals surface area contributed by atoms with Crippen LogP contribution in [0.2, 0.25) is 0 Å². The first-order valence-electron chi connectivity index (χ1n) is 8.22. The summed E-state index contributed by atoms with van der Waals surface area (Å²) in [5.74, 6) is 2.25. The molecule has 1 aromatic heterocycles. The maximum Gasteiger partial charge on any atom is 0.138 e. The summed E-state index contributed by atoms with van der Waals surface area (Å²) in [6, 6.07) is 19.9. The van der Waals surface area contributed by atoms with Crippen LogP contribution in [0, 0.1) is 18.3 Å². The molecule has 0 fully saturated rings. The van der Waals surface area contributed by atoms with Crippen molar-refractivity contribution in [1.82, 2.24) is 9.97 Å². The summed E-state index contributed by atoms with van der Waals surface area (Å²) < 4.78 is 0. The molecule has 25 heavy (non-hydrogen) atoms. The third kappa shape index (κ3) is 2.90. The number of para-hydroxylation sites is 2. The van der Waals surface area contributed by atoms with E-state index in [1.54, 1.807) is 6.07 Å². The van der Waals surface area contributed by atoms with Gasteiger partial charge in [0.1, 0.15) is 23.5 Å². The Bertz CT molecular complexity index is 974. The predicted molar refractivity (Wildman–Crippen MR) is 98.4 cm³/mol. The topological polar surface area (TPSA) is 64.8 Å². The number of aryl methyl sites for hydroxylation is 1. The first kappa shape index (κ1) is 15.2. The van der Waals surface area contributed by atoms with E-state index in [1.165, 1.54) is 11.3 Å². The van der Waals surface area contributed by atoms with Gasteiger partial charge >= 0.3 is 0 Å². The largest absolute Gasteiger partial charge is 0.339 e. The molecule has 0 unspecified atom stereocenters. The minimum Gasteiger partial charge on any atom is -0.339 e. The monoisotopic (exact) mass is 327 g/mol. The van der Waals surface area contributed by atoms with Crippen molar-refractivity contribution in [3.63, 3.8) is 0 Å². The van der Waals surface area contributed by atoms with Gasteiger partial charge in [-0.2, -0.15) is 5.26 Å². The number of benzene rings is 2. The van der Waals surface area contributed by atoms with Crippen molar-refractivity contribution in [2.24, 2.45) is 0 Å². The molecule has 0 atom stereocenters. The molecule has 1 N–H and O–H groups in total. The highest BCUT2D eigenvalue weighted by Gasteiger charge is 2.21. The molecule has 1 aliphatic heterocycles. The first-order valence-corrected chi connectivity index (χ1v) is 8.22. The van der Waals surface area contributed by atoms with Crippen molar-refractivity contribution < 1.29 is 0 Å². The Morgan fingerprint density at radius 3 is 2.76 bits per heavy atom. The van der Waals surface area contributed by atoms with Crippen molar-refractivity contribution in [3.8, 4) is 6.07 Å². The van der Waals surface area contributed by atoms with Gasteiger partial charge in [0.2, 0.25) is 0 Å². The zero-order valence-corrected chi connectivity index (χ0v) is 13.9. The highest BCUT2D eigenvalue weighted by molar-refractivity contribution is 5.71. The van der Waals surface area contributed by atoms with Crippen LogP contribution < -0.4 is 10.2 Å². The van der Waals surface area contributed by atoms with Crippen LogP contribution in [0.1, 0.15) is 17.0 Å². The fraction of sp³-hybridized carbons (Fsp3) is 0.150. The quantitative estimate of drug-likeness (QED) is 0.785. The third-order valence-electron chi connectivity index (χ3n) is 4.30. The Kier molecular flexibility index (Phi) is 3.79. The van der Waals surface area contributed by atoms with Crippen molar-refractivity contribution >= 4 is 23.0 Å². The van der Waals surface area contributed by atoms with E-state index in [1.807, 2.05) is 37.3 Å². The number of hydrogen-bond donors (Lipinski definition) is 1. The number of aromatic nitrogens is 2. The number of fused-ring (bicyclic) bond motifs is 1. The second kappa shape index (κ2) is 6.25. The number of anilines is 4. The fourth-order valence-electron chi connectivity index (χ4n) is 3.16. The molecule has 2 aromatic carbocycles. The molecule has 4 rings (SSSR count). The number of nitriles is 1. The van der Waals surface area contributed by atoms with Crippen molar-refractivity contribution in [1.29, 1.82) is 5.26 Å². The number of nitrogens with one attached hydrogen (secondary N) is 1. The molecule has 0 radical (unpaired) electrons. The van der Waals surface area contributed by atoms with Crippen molar-refractivity contribution in [3.05, 3.63) is 71.5 Å². The lowest BCUT2D eigenvalue weighted by atomic mass is 10.2. The average Bonchev–Trinajstić information content (AvgIpc) is 3.06. The Morgan fingerprint density at radius 2 is 1.88 bits per heavy atom. The van der Waals surface area contributed by atoms with E-state index < -0.39 is 0 Å². The van der Waals surface area contributed by atoms with Crippen LogP contribution in [0.5, 0.6) is 0 Å². The first-order chi connectivity index (χ1) is 12.2. The van der Waals surface area contributed by atoms with Gasteiger partial charge in [-0.3, -0.25) is 0 Å². The zero-order valence-electron chi connectivity index (χ0n) is 13.9. The molecule has 1 aliphatic rings. The Hall–Kier alpha value is -3.39. The second-order valence-electron chi connectivity index (χ2n) is 5.97. The Morgan fingerprint density at radius 1 is 1.08 bits per heavy atom. The van der Waals surface area contributed by atoms with Gasteiger partial charge in [-0.15, -0.1) is 0 Å². The lowest BCUT2D eigenvalue weighted by Gasteiger charge is -2.19. The molecule has 3 aromatic rings. The molecule has 5 heteroatoms. The summed E-state index contributed by atoms with van der Waals surface area (Å²) in [7, 11) is 0. The highest BCUT2D eigenvalue weighted by Crippen LogP contribution is 2.34. The molecule has 0 spiro atoms. The van der Waals surface area contributed by atoms with E-state index in [4.69, 9.17) is 0 Å². The van der Waals surface area contributed by atoms with E-state index in [9.17, 15) is 5.26 Å². The summed E-state index contributed by atoms with van der Waals surface area (Å²) in [6.45, 7) is 2.79. The molecule has 0 aliphatic carbocycles. The Balaban J connectivity index is 1.70. The summed E-state index contributed by atoms with van der Waals surface area (Å²) >= 11 is 0. The predicted octanol–water partition coefficient (Wildman–Crippen LogP) is 4.09. The van der Waals surface area contributed by atoms with E-state index >= 15 is 0 Å². The minimum absolute atomic E-state index is 0.590. The average molecular weight is 327 g/mol. The third-order valence-corrected chi connectivity index (χ3v) is 4.30. The second-order valence-corrected chi connectivity index (χ2v) is 5.97. The van der Waals surface area contributed by atoms with Gasteiger partial charge in [0, 0.05) is 18.3 Å². The molecular formula is C20H17N5. The lowest BCUT2D eigenvalue weighted by Crippen LogP contribution is -2.16. The maximum atomic E-state index is 9.26. The highest BCUT2D eigenvalue weighted by atomic mass is 15.2. The molecule has 0 bridgehead atoms. The lowest BCUT2D eigenvalue weighted by molar-refractivity contribution is 0.946. The molecule has 0 saturated carbocycles. The van der Waals surface area contributed by atoms with Crippen LogP contribution in [0.25, 0.3) is 0 Å². The van der Waals surface area contributed by atoms with Gasteiger partial charge in [0.25, 0.3) is 0 Å². The van der Waals surface area contributed by atoms with Gasteiger partial charge in [-0.1, -0.05) is 30.3 Å². The van der Waals surface area contributed by atoms with Crippen LogP contribution >= 0.6 is 0 Å². The number of rotatable bonds is 3. The summed E-state index contributed by atoms with van der Waals surface area (Å²) in [4.78, 5) is 11.3. The van der Waals surface area contributed by atoms with Gasteiger partial charge in [-0.25, -0.2) is 9.97 Å². The van der Waals surface area contributed by atoms with E-state index in [-0.39, 0.29) is 0 Å². The van der Waals surface area contributed by atoms with Crippen LogP contribution in [0.3, 0.4) is 0 Å². The van der Waals surface area contributed by atoms with Gasteiger partial charge < -0.3 is 10.2 Å². The van der Waals surface area contributed by atoms with E-state index in [2.05, 4.69) is 44.5 Å². The molecule has 0 amide bonds. The van der Waals surface area contributed by atoms with Gasteiger partial charge in [0.15, 0.2) is 0 Å². The molecule has 5 nitrogen and oxygen atoms in total. The zero-order chi connectivity index (χ0) is 17.2. The van der Waals surface area contributed by atoms with Crippen molar-refractivity contribution in [2.45, 2.75) is 13.3 Å². The van der Waals surface area contributed by atoms with Crippen LogP contribution in [0.15, 0.2) is 54.6 Å². The van der Waals surface area contributed by atoms with Crippen LogP contribution in [0.4, 0.5) is 23.0 Å². The number of nitrogens with zero attached hydrogens (tertiary/aromatic N) is 4. The SMILES string of the molecule is Cc1nc(Nc2ccccc2C#N)cc(N2CCc3ccccc32)n1. The molecular weight excluding hydrogens is 310 g/mol. The Labute approximate surface area is 146 Å². The van der Waals surface area contributed by atoms with Gasteiger partial charge in [0.05, 0.1) is 11.3 Å². The normalized spacial score (nSPS) is 12.6. The number of hydrogen-bond acceptors (Lipinski definition) is 5. The summed E-state index contributed by atoms with van der Waals surface area (Å²) in [5, 5.41) is 12.5. The smallest absolute Gasteiger partial charge is 0.138 e. The summed E-state index contributed by atoms with van der Waals surface area (Å²) in [5.41, 5.74) is 3.87. The van der Waals surface area contributed by atoms with E-state index in [0.29, 0.717) is 17.2 Å². The minimum atomic E-state index is 0.590. The van der Waals surface area contributed by atoms with Crippen molar-refractivity contribution in [2.75, 3.05) is 16.8 Å². The standard InChI is InChI=1S/C20H17N5/c1-14-22-19(24-17-8-4-2-7-16(17)13-21)12-20(23-14)25-11-10-15-6-3-5-9-18(15)25/h2-9,12H,10-11H2,1H3,(H,22,23,24). The fourth-order valence-corrected chi connectivity index (χ4v) is 3.16. The molecule has 122 valence electrons. The maximum absolute atomic E-state index is 9.26. The van der Waals surface area contributed by atoms with Gasteiger partial charge in [-0.05, 0) is 37.1 Å². The van der Waals surface area contributed by atoms with Crippen LogP contribution in [-0.4, -0.2) is 16.5 Å². The van der Waals surface area contributed by atoms with E-state index in [0.717, 1.165) is 24.5 Å².